The van der Waals surface area contributed by atoms with Crippen LogP contribution in [0.25, 0.3) is 0 Å². The SMILES string of the molecule is CC1CCC(C(=O)CCCCC(=O)C2CCCCC3CCCCC3C2)CC(C)C1. The minimum atomic E-state index is 0.291. The number of Topliss-reactive ketones (excluding diaryl/α,β-unsaturated/α-hetero) is 2. The summed E-state index contributed by atoms with van der Waals surface area (Å²) in [7, 11) is 0. The quantitative estimate of drug-likeness (QED) is 0.326. The third kappa shape index (κ3) is 7.21. The van der Waals surface area contributed by atoms with E-state index >= 15 is 0 Å². The van der Waals surface area contributed by atoms with Gasteiger partial charge in [0.05, 0.1) is 0 Å². The summed E-state index contributed by atoms with van der Waals surface area (Å²) in [5, 5.41) is 0. The number of carbonyl (C=O) groups is 2. The molecule has 3 saturated carbocycles. The molecule has 0 amide bonds. The number of hydrogen-bond acceptors (Lipinski definition) is 2. The molecule has 0 radical (unpaired) electrons. The normalized spacial score (nSPS) is 36.3. The first kappa shape index (κ1) is 23.0. The van der Waals surface area contributed by atoms with Gasteiger partial charge >= 0.3 is 0 Å². The molecule has 3 aliphatic rings. The molecule has 0 spiro atoms. The third-order valence-electron chi connectivity index (χ3n) is 8.54. The van der Waals surface area contributed by atoms with Crippen LogP contribution in [0.15, 0.2) is 0 Å². The Bertz CT molecular complexity index is 525. The molecule has 0 N–H and O–H groups in total. The van der Waals surface area contributed by atoms with Gasteiger partial charge in [0.1, 0.15) is 11.6 Å². The Morgan fingerprint density at radius 2 is 1.14 bits per heavy atom. The zero-order valence-corrected chi connectivity index (χ0v) is 19.3. The Kier molecular flexibility index (Phi) is 9.25. The second-order valence-electron chi connectivity index (χ2n) is 11.1. The van der Waals surface area contributed by atoms with Gasteiger partial charge in [-0.3, -0.25) is 9.59 Å². The van der Waals surface area contributed by atoms with Gasteiger partial charge in [-0.1, -0.05) is 65.2 Å². The monoisotopic (exact) mass is 402 g/mol. The van der Waals surface area contributed by atoms with E-state index in [1.165, 1.54) is 64.2 Å². The molecule has 0 aliphatic heterocycles. The van der Waals surface area contributed by atoms with Crippen LogP contribution in [0, 0.1) is 35.5 Å². The van der Waals surface area contributed by atoms with E-state index in [-0.39, 0.29) is 0 Å². The van der Waals surface area contributed by atoms with Crippen LogP contribution in [0.4, 0.5) is 0 Å². The summed E-state index contributed by atoms with van der Waals surface area (Å²) in [6, 6.07) is 0. The highest BCUT2D eigenvalue weighted by atomic mass is 16.1. The minimum Gasteiger partial charge on any atom is -0.299 e. The van der Waals surface area contributed by atoms with Crippen LogP contribution < -0.4 is 0 Å². The summed E-state index contributed by atoms with van der Waals surface area (Å²) >= 11 is 0. The van der Waals surface area contributed by atoms with Crippen LogP contribution in [-0.4, -0.2) is 11.6 Å². The molecule has 0 aromatic carbocycles. The van der Waals surface area contributed by atoms with E-state index in [9.17, 15) is 9.59 Å². The maximum atomic E-state index is 12.9. The fraction of sp³-hybridized carbons (Fsp3) is 0.926. The van der Waals surface area contributed by atoms with Crippen LogP contribution in [0.5, 0.6) is 0 Å². The van der Waals surface area contributed by atoms with Crippen molar-refractivity contribution in [3.63, 3.8) is 0 Å². The molecular weight excluding hydrogens is 356 g/mol. The van der Waals surface area contributed by atoms with Crippen molar-refractivity contribution in [3.8, 4) is 0 Å². The first-order valence-corrected chi connectivity index (χ1v) is 13.1. The molecule has 0 saturated heterocycles. The average Bonchev–Trinajstić information content (AvgIpc) is 2.85. The Morgan fingerprint density at radius 1 is 0.586 bits per heavy atom. The Hall–Kier alpha value is -0.660. The van der Waals surface area contributed by atoms with Gasteiger partial charge in [0.15, 0.2) is 0 Å². The van der Waals surface area contributed by atoms with Gasteiger partial charge < -0.3 is 0 Å². The molecule has 6 atom stereocenters. The maximum Gasteiger partial charge on any atom is 0.135 e. The molecule has 2 nitrogen and oxygen atoms in total. The number of rotatable bonds is 7. The second-order valence-corrected chi connectivity index (χ2v) is 11.1. The highest BCUT2D eigenvalue weighted by molar-refractivity contribution is 5.82. The Labute approximate surface area is 180 Å². The number of hydrogen-bond donors (Lipinski definition) is 0. The van der Waals surface area contributed by atoms with Crippen molar-refractivity contribution >= 4 is 11.6 Å². The number of fused-ring (bicyclic) bond motifs is 1. The first-order valence-electron chi connectivity index (χ1n) is 13.1. The molecule has 3 aliphatic carbocycles. The van der Waals surface area contributed by atoms with Gasteiger partial charge in [-0.15, -0.1) is 0 Å². The molecule has 3 rings (SSSR count). The molecular formula is C27H46O2. The van der Waals surface area contributed by atoms with Gasteiger partial charge in [0.25, 0.3) is 0 Å². The van der Waals surface area contributed by atoms with Crippen molar-refractivity contribution in [1.82, 2.24) is 0 Å². The van der Waals surface area contributed by atoms with Gasteiger partial charge in [-0.05, 0) is 68.6 Å². The zero-order chi connectivity index (χ0) is 20.6. The number of carbonyl (C=O) groups excluding carboxylic acids is 2. The summed E-state index contributed by atoms with van der Waals surface area (Å²) in [5.41, 5.74) is 0. The summed E-state index contributed by atoms with van der Waals surface area (Å²) in [6.07, 6.45) is 19.8. The lowest BCUT2D eigenvalue weighted by molar-refractivity contribution is -0.125. The highest BCUT2D eigenvalue weighted by Crippen LogP contribution is 2.40. The standard InChI is InChI=1S/C27H46O2/c1-20-15-16-25(18-21(2)17-20)27(29)14-8-7-13-26(28)24-12-6-4-10-22-9-3-5-11-23(22)19-24/h20-25H,3-19H2,1-2H3. The number of unbranched alkanes of at least 4 members (excludes halogenated alkanes) is 1. The Balaban J connectivity index is 1.38. The molecule has 0 aromatic rings. The van der Waals surface area contributed by atoms with Crippen molar-refractivity contribution in [2.75, 3.05) is 0 Å². The van der Waals surface area contributed by atoms with E-state index in [0.29, 0.717) is 42.2 Å². The van der Waals surface area contributed by atoms with Crippen molar-refractivity contribution in [2.24, 2.45) is 35.5 Å². The van der Waals surface area contributed by atoms with E-state index in [1.807, 2.05) is 0 Å². The molecule has 2 heteroatoms. The van der Waals surface area contributed by atoms with Crippen molar-refractivity contribution in [1.29, 1.82) is 0 Å². The van der Waals surface area contributed by atoms with Crippen LogP contribution >= 0.6 is 0 Å². The van der Waals surface area contributed by atoms with E-state index in [4.69, 9.17) is 0 Å². The highest BCUT2D eigenvalue weighted by Gasteiger charge is 2.31. The van der Waals surface area contributed by atoms with Gasteiger partial charge in [-0.2, -0.15) is 0 Å². The van der Waals surface area contributed by atoms with Gasteiger partial charge in [0.2, 0.25) is 0 Å². The molecule has 0 heterocycles. The fourth-order valence-corrected chi connectivity index (χ4v) is 6.84. The molecule has 29 heavy (non-hydrogen) atoms. The fourth-order valence-electron chi connectivity index (χ4n) is 6.84. The average molecular weight is 403 g/mol. The minimum absolute atomic E-state index is 0.291. The van der Waals surface area contributed by atoms with Crippen molar-refractivity contribution in [3.05, 3.63) is 0 Å². The van der Waals surface area contributed by atoms with Crippen LogP contribution in [0.2, 0.25) is 0 Å². The van der Waals surface area contributed by atoms with Gasteiger partial charge in [-0.25, -0.2) is 0 Å². The zero-order valence-electron chi connectivity index (χ0n) is 19.3. The van der Waals surface area contributed by atoms with E-state index < -0.39 is 0 Å². The number of ketones is 2. The Morgan fingerprint density at radius 3 is 1.79 bits per heavy atom. The van der Waals surface area contributed by atoms with E-state index in [2.05, 4.69) is 13.8 Å². The van der Waals surface area contributed by atoms with Crippen LogP contribution in [-0.2, 0) is 9.59 Å². The van der Waals surface area contributed by atoms with E-state index in [0.717, 1.165) is 49.9 Å². The first-order chi connectivity index (χ1) is 14.0. The van der Waals surface area contributed by atoms with E-state index in [1.54, 1.807) is 0 Å². The molecule has 0 aromatic heterocycles. The van der Waals surface area contributed by atoms with Gasteiger partial charge in [0, 0.05) is 24.7 Å². The maximum absolute atomic E-state index is 12.9. The van der Waals surface area contributed by atoms with Crippen LogP contribution in [0.1, 0.15) is 123 Å². The van der Waals surface area contributed by atoms with Crippen molar-refractivity contribution < 1.29 is 9.59 Å². The smallest absolute Gasteiger partial charge is 0.135 e. The largest absolute Gasteiger partial charge is 0.299 e. The summed E-state index contributed by atoms with van der Waals surface area (Å²) in [6.45, 7) is 4.65. The summed E-state index contributed by atoms with van der Waals surface area (Å²) in [5.74, 6) is 4.79. The van der Waals surface area contributed by atoms with Crippen LogP contribution in [0.3, 0.4) is 0 Å². The third-order valence-corrected chi connectivity index (χ3v) is 8.54. The summed E-state index contributed by atoms with van der Waals surface area (Å²) in [4.78, 5) is 25.6. The molecule has 0 bridgehead atoms. The summed E-state index contributed by atoms with van der Waals surface area (Å²) < 4.78 is 0. The predicted molar refractivity (Wildman–Crippen MR) is 121 cm³/mol. The molecule has 166 valence electrons. The molecule has 3 fully saturated rings. The predicted octanol–water partition coefficient (Wildman–Crippen LogP) is 7.53. The lowest BCUT2D eigenvalue weighted by Crippen LogP contribution is -2.27. The second kappa shape index (κ2) is 11.7. The van der Waals surface area contributed by atoms with Crippen molar-refractivity contribution in [2.45, 2.75) is 123 Å². The lowest BCUT2D eigenvalue weighted by atomic mass is 9.69. The molecule has 6 unspecified atom stereocenters. The lowest BCUT2D eigenvalue weighted by Gasteiger charge is -2.36. The topological polar surface area (TPSA) is 34.1 Å².